The summed E-state index contributed by atoms with van der Waals surface area (Å²) in [6.07, 6.45) is 2.37. The molecule has 1 heterocycles. The number of carbonyl (C=O) groups is 1. The monoisotopic (exact) mass is 565 g/mol. The van der Waals surface area contributed by atoms with Gasteiger partial charge in [-0.15, -0.1) is 0 Å². The van der Waals surface area contributed by atoms with E-state index in [2.05, 4.69) is 35.2 Å². The van der Waals surface area contributed by atoms with Crippen LogP contribution < -0.4 is 0 Å². The van der Waals surface area contributed by atoms with Crippen molar-refractivity contribution in [1.82, 2.24) is 9.80 Å². The van der Waals surface area contributed by atoms with Crippen LogP contribution in [-0.4, -0.2) is 39.3 Å². The Kier molecular flexibility index (Phi) is 7.61. The minimum atomic E-state index is -0.438. The van der Waals surface area contributed by atoms with E-state index in [1.165, 1.54) is 28.3 Å². The van der Waals surface area contributed by atoms with E-state index in [1.54, 1.807) is 12.1 Å². The van der Waals surface area contributed by atoms with Crippen molar-refractivity contribution in [1.29, 1.82) is 0 Å². The van der Waals surface area contributed by atoms with Gasteiger partial charge in [0.25, 0.3) is 5.69 Å². The number of hydrogen-bond acceptors (Lipinski definition) is 4. The number of amides is 1. The Morgan fingerprint density at radius 2 is 1.56 bits per heavy atom. The second-order valence-electron chi connectivity index (χ2n) is 11.0. The average molecular weight is 566 g/mol. The lowest BCUT2D eigenvalue weighted by Crippen LogP contribution is -2.53. The number of halogens is 1. The normalized spacial score (nSPS) is 17.5. The van der Waals surface area contributed by atoms with Gasteiger partial charge in [0.15, 0.2) is 0 Å². The first-order valence-corrected chi connectivity index (χ1v) is 14.5. The van der Waals surface area contributed by atoms with Gasteiger partial charge in [-0.2, -0.15) is 0 Å². The molecule has 41 heavy (non-hydrogen) atoms. The largest absolute Gasteiger partial charge is 0.333 e. The van der Waals surface area contributed by atoms with Crippen molar-refractivity contribution in [3.8, 4) is 0 Å². The minimum Gasteiger partial charge on any atom is -0.333 e. The first-order chi connectivity index (χ1) is 19.9. The van der Waals surface area contributed by atoms with Crippen LogP contribution in [0.25, 0.3) is 0 Å². The summed E-state index contributed by atoms with van der Waals surface area (Å²) in [6.45, 7) is 3.02. The van der Waals surface area contributed by atoms with Crippen molar-refractivity contribution in [3.05, 3.63) is 146 Å². The lowest BCUT2D eigenvalue weighted by molar-refractivity contribution is -0.384. The van der Waals surface area contributed by atoms with Crippen molar-refractivity contribution < 1.29 is 9.72 Å². The summed E-state index contributed by atoms with van der Waals surface area (Å²) in [6, 6.07) is 30.6. The van der Waals surface area contributed by atoms with E-state index in [4.69, 9.17) is 11.6 Å². The van der Waals surface area contributed by atoms with E-state index in [1.807, 2.05) is 60.4 Å². The number of fused-ring (bicyclic) bond motifs is 2. The Labute approximate surface area is 245 Å². The molecule has 7 heteroatoms. The Morgan fingerprint density at radius 1 is 0.927 bits per heavy atom. The predicted octanol–water partition coefficient (Wildman–Crippen LogP) is 6.78. The summed E-state index contributed by atoms with van der Waals surface area (Å²) in [5, 5.41) is 12.2. The maximum atomic E-state index is 14.6. The SMILES string of the molecule is C[C@@H](C(=O)N(Cc1cccc([N+](=O)[O-])c1)C1Cc2ccccc2C1)N1CCc2ccccc2[C@@H]1c1ccccc1Cl. The van der Waals surface area contributed by atoms with Crippen LogP contribution in [0.5, 0.6) is 0 Å². The van der Waals surface area contributed by atoms with Gasteiger partial charge in [0, 0.05) is 36.3 Å². The molecular weight excluding hydrogens is 534 g/mol. The standard InChI is InChI=1S/C34H32ClN3O3/c1-23(36-18-17-25-10-4-5-14-30(25)33(36)31-15-6-7-16-32(31)35)34(39)37(22-24-9-8-13-28(19-24)38(40)41)29-20-26-11-2-3-12-27(26)21-29/h2-16,19,23,29,33H,17-18,20-22H2,1H3/t23-,33+/m0/s1. The molecule has 0 radical (unpaired) electrons. The Balaban J connectivity index is 1.36. The molecule has 0 fully saturated rings. The van der Waals surface area contributed by atoms with Gasteiger partial charge in [-0.1, -0.05) is 90.5 Å². The van der Waals surface area contributed by atoms with E-state index in [0.29, 0.717) is 11.6 Å². The Bertz CT molecular complexity index is 1580. The fraction of sp³-hybridized carbons (Fsp3) is 0.265. The number of hydrogen-bond donors (Lipinski definition) is 0. The number of nitrogens with zero attached hydrogens (tertiary/aromatic N) is 3. The van der Waals surface area contributed by atoms with Crippen molar-refractivity contribution >= 4 is 23.2 Å². The topological polar surface area (TPSA) is 66.7 Å². The number of nitro groups is 1. The molecule has 0 unspecified atom stereocenters. The molecule has 1 aliphatic carbocycles. The summed E-state index contributed by atoms with van der Waals surface area (Å²) in [4.78, 5) is 29.9. The van der Waals surface area contributed by atoms with E-state index < -0.39 is 6.04 Å². The smallest absolute Gasteiger partial charge is 0.269 e. The van der Waals surface area contributed by atoms with Gasteiger partial charge in [0.2, 0.25) is 5.91 Å². The van der Waals surface area contributed by atoms with Gasteiger partial charge >= 0.3 is 0 Å². The van der Waals surface area contributed by atoms with Crippen LogP contribution in [0.2, 0.25) is 5.02 Å². The van der Waals surface area contributed by atoms with Crippen LogP contribution in [0.3, 0.4) is 0 Å². The summed E-state index contributed by atoms with van der Waals surface area (Å²) in [5.41, 5.74) is 6.72. The van der Waals surface area contributed by atoms with E-state index >= 15 is 0 Å². The second kappa shape index (κ2) is 11.5. The lowest BCUT2D eigenvalue weighted by Gasteiger charge is -2.43. The van der Waals surface area contributed by atoms with Crippen molar-refractivity contribution in [2.75, 3.05) is 6.54 Å². The number of rotatable bonds is 7. The minimum absolute atomic E-state index is 0.0192. The average Bonchev–Trinajstić information content (AvgIpc) is 3.43. The maximum absolute atomic E-state index is 14.6. The number of carbonyl (C=O) groups excluding carboxylic acids is 1. The Morgan fingerprint density at radius 3 is 2.24 bits per heavy atom. The molecule has 208 valence electrons. The maximum Gasteiger partial charge on any atom is 0.269 e. The number of non-ortho nitro benzene ring substituents is 1. The highest BCUT2D eigenvalue weighted by atomic mass is 35.5. The van der Waals surface area contributed by atoms with Crippen LogP contribution in [-0.2, 0) is 30.6 Å². The van der Waals surface area contributed by atoms with Crippen LogP contribution in [0.4, 0.5) is 5.69 Å². The third-order valence-corrected chi connectivity index (χ3v) is 8.95. The van der Waals surface area contributed by atoms with Gasteiger partial charge in [-0.25, -0.2) is 0 Å². The van der Waals surface area contributed by atoms with Crippen molar-refractivity contribution in [2.45, 2.75) is 50.9 Å². The molecule has 2 aliphatic rings. The van der Waals surface area contributed by atoms with Crippen LogP contribution >= 0.6 is 11.6 Å². The molecule has 0 N–H and O–H groups in total. The molecule has 0 saturated heterocycles. The van der Waals surface area contributed by atoms with Crippen LogP contribution in [0.15, 0.2) is 97.1 Å². The highest BCUT2D eigenvalue weighted by Crippen LogP contribution is 2.40. The zero-order valence-electron chi connectivity index (χ0n) is 22.9. The molecular formula is C34H32ClN3O3. The summed E-state index contributed by atoms with van der Waals surface area (Å²) in [5.74, 6) is 0.0192. The molecule has 1 aliphatic heterocycles. The fourth-order valence-corrected chi connectivity index (χ4v) is 6.78. The van der Waals surface area contributed by atoms with Gasteiger partial charge < -0.3 is 4.90 Å². The highest BCUT2D eigenvalue weighted by Gasteiger charge is 2.39. The molecule has 4 aromatic rings. The number of nitro benzene ring substituents is 1. The second-order valence-corrected chi connectivity index (χ2v) is 11.4. The van der Waals surface area contributed by atoms with E-state index in [0.717, 1.165) is 36.9 Å². The third-order valence-electron chi connectivity index (χ3n) is 8.60. The van der Waals surface area contributed by atoms with E-state index in [-0.39, 0.29) is 28.6 Å². The summed E-state index contributed by atoms with van der Waals surface area (Å²) >= 11 is 6.76. The van der Waals surface area contributed by atoms with Gasteiger partial charge in [-0.05, 0) is 65.6 Å². The molecule has 0 spiro atoms. The van der Waals surface area contributed by atoms with E-state index in [9.17, 15) is 14.9 Å². The van der Waals surface area contributed by atoms with Gasteiger partial charge in [-0.3, -0.25) is 19.8 Å². The fourth-order valence-electron chi connectivity index (χ4n) is 6.54. The first kappa shape index (κ1) is 27.2. The molecule has 4 aromatic carbocycles. The van der Waals surface area contributed by atoms with Crippen LogP contribution in [0, 0.1) is 10.1 Å². The molecule has 0 aromatic heterocycles. The van der Waals surface area contributed by atoms with Gasteiger partial charge in [0.1, 0.15) is 0 Å². The first-order valence-electron chi connectivity index (χ1n) is 14.1. The zero-order valence-corrected chi connectivity index (χ0v) is 23.7. The predicted molar refractivity (Wildman–Crippen MR) is 161 cm³/mol. The number of benzene rings is 4. The van der Waals surface area contributed by atoms with Crippen molar-refractivity contribution in [2.24, 2.45) is 0 Å². The molecule has 1 amide bonds. The molecule has 0 saturated carbocycles. The molecule has 6 nitrogen and oxygen atoms in total. The quantitative estimate of drug-likeness (QED) is 0.183. The summed E-state index contributed by atoms with van der Waals surface area (Å²) < 4.78 is 0. The Hall–Kier alpha value is -4.00. The van der Waals surface area contributed by atoms with Crippen LogP contribution in [0.1, 0.15) is 46.3 Å². The zero-order chi connectivity index (χ0) is 28.5. The lowest BCUT2D eigenvalue weighted by atomic mass is 9.87. The molecule has 2 atom stereocenters. The highest BCUT2D eigenvalue weighted by molar-refractivity contribution is 6.31. The molecule has 0 bridgehead atoms. The van der Waals surface area contributed by atoms with Crippen molar-refractivity contribution in [3.63, 3.8) is 0 Å². The molecule has 6 rings (SSSR count). The van der Waals surface area contributed by atoms with Gasteiger partial charge in [0.05, 0.1) is 17.0 Å². The third kappa shape index (κ3) is 5.37. The summed E-state index contributed by atoms with van der Waals surface area (Å²) in [7, 11) is 0.